The molecule has 1 heterocycles. The monoisotopic (exact) mass is 337 g/mol. The Morgan fingerprint density at radius 1 is 1.35 bits per heavy atom. The first-order valence-electron chi connectivity index (χ1n) is 7.44. The van der Waals surface area contributed by atoms with Crippen LogP contribution in [0.1, 0.15) is 44.2 Å². The molecule has 7 heteroatoms. The third kappa shape index (κ3) is 3.30. The van der Waals surface area contributed by atoms with E-state index in [-0.39, 0.29) is 11.5 Å². The van der Waals surface area contributed by atoms with E-state index in [0.717, 1.165) is 15.7 Å². The first-order valence-corrected chi connectivity index (χ1v) is 8.65. The number of aryl methyl sites for hydroxylation is 1. The summed E-state index contributed by atoms with van der Waals surface area (Å²) in [5.41, 5.74) is 1.60. The zero-order valence-corrected chi connectivity index (χ0v) is 14.9. The van der Waals surface area contributed by atoms with Crippen LogP contribution in [0, 0.1) is 6.92 Å². The zero-order chi connectivity index (χ0) is 17.5. The molecule has 0 fully saturated rings. The lowest BCUT2D eigenvalue weighted by molar-refractivity contribution is 0.541. The van der Waals surface area contributed by atoms with Crippen LogP contribution in [0.25, 0.3) is 10.9 Å². The van der Waals surface area contributed by atoms with Crippen molar-refractivity contribution >= 4 is 21.9 Å². The molecule has 0 spiro atoms. The summed E-state index contributed by atoms with van der Waals surface area (Å²) >= 11 is 0. The lowest BCUT2D eigenvalue weighted by Gasteiger charge is -2.26. The van der Waals surface area contributed by atoms with Crippen LogP contribution in [-0.4, -0.2) is 18.5 Å². The summed E-state index contributed by atoms with van der Waals surface area (Å²) in [6.45, 7) is 7.59. The average molecular weight is 337 g/mol. The van der Waals surface area contributed by atoms with E-state index in [0.29, 0.717) is 17.3 Å². The number of H-pyrrole nitrogens is 1. The molecule has 0 aliphatic carbocycles. The van der Waals surface area contributed by atoms with Crippen LogP contribution in [0.2, 0.25) is 0 Å². The maximum atomic E-state index is 12.3. The topological polar surface area (TPSA) is 97.9 Å². The van der Waals surface area contributed by atoms with Gasteiger partial charge in [-0.3, -0.25) is 14.5 Å². The second-order valence-corrected chi connectivity index (χ2v) is 8.43. The molecule has 2 aromatic rings. The number of rotatable bonds is 4. The molecule has 0 bridgehead atoms. The van der Waals surface area contributed by atoms with Gasteiger partial charge >= 0.3 is 5.69 Å². The molecule has 0 saturated carbocycles. The summed E-state index contributed by atoms with van der Waals surface area (Å²) in [4.78, 5) is 27.1. The van der Waals surface area contributed by atoms with Crippen molar-refractivity contribution in [3.63, 3.8) is 0 Å². The maximum absolute atomic E-state index is 12.3. The molecule has 0 amide bonds. The lowest BCUT2D eigenvalue weighted by Crippen LogP contribution is -2.34. The first kappa shape index (κ1) is 17.6. The molecule has 3 N–H and O–H groups in total. The van der Waals surface area contributed by atoms with E-state index < -0.39 is 21.4 Å². The SMILES string of the molecule is Cc1cc([C@H](C)CC(C)(C)S(N)=O)c2[nH]c(=O)n(C)c(=O)c2c1. The molecule has 1 aromatic carbocycles. The van der Waals surface area contributed by atoms with Crippen LogP contribution in [0.5, 0.6) is 0 Å². The Morgan fingerprint density at radius 2 is 1.96 bits per heavy atom. The van der Waals surface area contributed by atoms with Crippen molar-refractivity contribution in [2.75, 3.05) is 0 Å². The summed E-state index contributed by atoms with van der Waals surface area (Å²) in [5.74, 6) is -0.0114. The number of benzene rings is 1. The van der Waals surface area contributed by atoms with Crippen molar-refractivity contribution in [1.82, 2.24) is 9.55 Å². The largest absolute Gasteiger partial charge is 0.328 e. The van der Waals surface area contributed by atoms with E-state index in [1.54, 1.807) is 6.07 Å². The zero-order valence-electron chi connectivity index (χ0n) is 14.1. The van der Waals surface area contributed by atoms with Gasteiger partial charge in [-0.1, -0.05) is 13.0 Å². The van der Waals surface area contributed by atoms with Crippen molar-refractivity contribution in [3.05, 3.63) is 44.1 Å². The molecule has 2 atom stereocenters. The smallest absolute Gasteiger partial charge is 0.306 e. The Kier molecular flexibility index (Phi) is 4.64. The fraction of sp³-hybridized carbons (Fsp3) is 0.500. The van der Waals surface area contributed by atoms with Crippen LogP contribution >= 0.6 is 0 Å². The molecular formula is C16H23N3O3S. The van der Waals surface area contributed by atoms with Crippen molar-refractivity contribution in [3.8, 4) is 0 Å². The second kappa shape index (κ2) is 6.05. The van der Waals surface area contributed by atoms with Gasteiger partial charge in [0.25, 0.3) is 5.56 Å². The number of fused-ring (bicyclic) bond motifs is 1. The Balaban J connectivity index is 2.68. The Labute approximate surface area is 137 Å². The number of nitrogens with one attached hydrogen (secondary N) is 1. The third-order valence-corrected chi connectivity index (χ3v) is 5.51. The van der Waals surface area contributed by atoms with Gasteiger partial charge in [-0.2, -0.15) is 0 Å². The van der Waals surface area contributed by atoms with Gasteiger partial charge in [0.05, 0.1) is 26.6 Å². The van der Waals surface area contributed by atoms with Crippen LogP contribution < -0.4 is 16.4 Å². The van der Waals surface area contributed by atoms with Gasteiger partial charge in [-0.25, -0.2) is 9.00 Å². The van der Waals surface area contributed by atoms with Crippen LogP contribution in [-0.2, 0) is 18.0 Å². The molecule has 0 aliphatic heterocycles. The molecular weight excluding hydrogens is 314 g/mol. The van der Waals surface area contributed by atoms with Gasteiger partial charge < -0.3 is 4.98 Å². The molecule has 2 rings (SSSR count). The van der Waals surface area contributed by atoms with Gasteiger partial charge in [0.2, 0.25) is 0 Å². The minimum atomic E-state index is -1.46. The van der Waals surface area contributed by atoms with Gasteiger partial charge in [0.1, 0.15) is 0 Å². The molecule has 0 radical (unpaired) electrons. The summed E-state index contributed by atoms with van der Waals surface area (Å²) in [7, 11) is -0.00844. The predicted molar refractivity (Wildman–Crippen MR) is 94.0 cm³/mol. The normalized spacial score (nSPS) is 14.9. The van der Waals surface area contributed by atoms with E-state index in [1.807, 2.05) is 33.8 Å². The number of hydrogen-bond acceptors (Lipinski definition) is 3. The van der Waals surface area contributed by atoms with Crippen LogP contribution in [0.3, 0.4) is 0 Å². The van der Waals surface area contributed by atoms with Crippen molar-refractivity contribution in [1.29, 1.82) is 0 Å². The highest BCUT2D eigenvalue weighted by molar-refractivity contribution is 7.84. The summed E-state index contributed by atoms with van der Waals surface area (Å²) in [6, 6.07) is 3.73. The van der Waals surface area contributed by atoms with Gasteiger partial charge in [-0.15, -0.1) is 0 Å². The predicted octanol–water partition coefficient (Wildman–Crippen LogP) is 1.43. The highest BCUT2D eigenvalue weighted by Gasteiger charge is 2.28. The molecule has 23 heavy (non-hydrogen) atoms. The summed E-state index contributed by atoms with van der Waals surface area (Å²) in [5, 5.41) is 6.05. The second-order valence-electron chi connectivity index (χ2n) is 6.73. The maximum Gasteiger partial charge on any atom is 0.328 e. The highest BCUT2D eigenvalue weighted by Crippen LogP contribution is 2.31. The van der Waals surface area contributed by atoms with Gasteiger partial charge in [0.15, 0.2) is 0 Å². The van der Waals surface area contributed by atoms with E-state index >= 15 is 0 Å². The summed E-state index contributed by atoms with van der Waals surface area (Å²) in [6.07, 6.45) is 0.575. The fourth-order valence-corrected chi connectivity index (χ4v) is 3.32. The van der Waals surface area contributed by atoms with Crippen LogP contribution in [0.4, 0.5) is 0 Å². The summed E-state index contributed by atoms with van der Waals surface area (Å²) < 4.78 is 12.2. The Morgan fingerprint density at radius 3 is 2.52 bits per heavy atom. The first-order chi connectivity index (χ1) is 10.5. The lowest BCUT2D eigenvalue weighted by atomic mass is 9.89. The van der Waals surface area contributed by atoms with E-state index in [4.69, 9.17) is 5.14 Å². The number of aromatic nitrogens is 2. The fourth-order valence-electron chi connectivity index (χ4n) is 2.90. The number of hydrogen-bond donors (Lipinski definition) is 2. The van der Waals surface area contributed by atoms with Crippen molar-refractivity contribution in [2.24, 2.45) is 12.2 Å². The number of aromatic amines is 1. The van der Waals surface area contributed by atoms with Gasteiger partial charge in [-0.05, 0) is 50.3 Å². The highest BCUT2D eigenvalue weighted by atomic mass is 32.2. The molecule has 126 valence electrons. The van der Waals surface area contributed by atoms with Crippen molar-refractivity contribution < 1.29 is 4.21 Å². The standard InChI is InChI=1S/C16H23N3O3S/c1-9-6-11(10(2)8-16(3,4)23(17)22)13-12(7-9)14(20)19(5)15(21)18-13/h6-7,10H,8,17H2,1-5H3,(H,18,21)/t10-,23?/m1/s1. The third-order valence-electron chi connectivity index (χ3n) is 4.26. The van der Waals surface area contributed by atoms with Gasteiger partial charge in [0, 0.05) is 7.05 Å². The molecule has 1 unspecified atom stereocenters. The molecule has 0 aliphatic rings. The van der Waals surface area contributed by atoms with E-state index in [9.17, 15) is 13.8 Å². The Hall–Kier alpha value is -1.73. The quantitative estimate of drug-likeness (QED) is 0.883. The van der Waals surface area contributed by atoms with E-state index in [1.165, 1.54) is 7.05 Å². The molecule has 0 saturated heterocycles. The Bertz CT molecular complexity index is 896. The van der Waals surface area contributed by atoms with Crippen LogP contribution in [0.15, 0.2) is 21.7 Å². The van der Waals surface area contributed by atoms with E-state index in [2.05, 4.69) is 4.98 Å². The molecule has 6 nitrogen and oxygen atoms in total. The number of nitrogens with two attached hydrogens (primary N) is 1. The minimum absolute atomic E-state index is 0.0114. The number of nitrogens with zero attached hydrogens (tertiary/aromatic N) is 1. The van der Waals surface area contributed by atoms with Crippen molar-refractivity contribution in [2.45, 2.75) is 44.8 Å². The minimum Gasteiger partial charge on any atom is -0.306 e. The average Bonchev–Trinajstić information content (AvgIpc) is 2.44. The molecule has 1 aromatic heterocycles.